The van der Waals surface area contributed by atoms with Crippen molar-refractivity contribution < 1.29 is 14.7 Å². The number of carboxylic acid groups (broad SMARTS) is 1. The number of carboxylic acids is 1. The van der Waals surface area contributed by atoms with Gasteiger partial charge in [0.1, 0.15) is 6.04 Å². The number of nitrogens with one attached hydrogen (secondary N) is 2. The van der Waals surface area contributed by atoms with E-state index in [4.69, 9.17) is 5.11 Å². The molecule has 0 heterocycles. The number of rotatable bonds is 10. The molecule has 1 rings (SSSR count). The summed E-state index contributed by atoms with van der Waals surface area (Å²) in [7, 11) is 0. The summed E-state index contributed by atoms with van der Waals surface area (Å²) in [6.45, 7) is 0.646. The molecule has 0 saturated heterocycles. The SMILES string of the molecule is CSCCC(NC(=O)CNCC=Cc1ccccc1)C(=O)O. The summed E-state index contributed by atoms with van der Waals surface area (Å²) < 4.78 is 0. The highest BCUT2D eigenvalue weighted by Gasteiger charge is 2.18. The first-order valence-corrected chi connectivity index (χ1v) is 8.46. The lowest BCUT2D eigenvalue weighted by Crippen LogP contribution is -2.44. The molecule has 0 aliphatic carbocycles. The molecule has 1 atom stereocenters. The van der Waals surface area contributed by atoms with Crippen LogP contribution < -0.4 is 10.6 Å². The molecule has 1 aromatic carbocycles. The highest BCUT2D eigenvalue weighted by molar-refractivity contribution is 7.98. The fourth-order valence-electron chi connectivity index (χ4n) is 1.77. The quantitative estimate of drug-likeness (QED) is 0.571. The van der Waals surface area contributed by atoms with E-state index in [0.29, 0.717) is 18.7 Å². The van der Waals surface area contributed by atoms with Gasteiger partial charge in [0.05, 0.1) is 6.54 Å². The van der Waals surface area contributed by atoms with Gasteiger partial charge in [-0.2, -0.15) is 11.8 Å². The van der Waals surface area contributed by atoms with Crippen molar-refractivity contribution >= 4 is 29.7 Å². The first-order chi connectivity index (χ1) is 10.6. The molecule has 0 fully saturated rings. The zero-order valence-corrected chi connectivity index (χ0v) is 13.4. The first kappa shape index (κ1) is 18.3. The molecule has 5 nitrogen and oxygen atoms in total. The Labute approximate surface area is 135 Å². The normalized spacial score (nSPS) is 12.2. The minimum Gasteiger partial charge on any atom is -0.480 e. The lowest BCUT2D eigenvalue weighted by Gasteiger charge is -2.13. The maximum Gasteiger partial charge on any atom is 0.326 e. The minimum absolute atomic E-state index is 0.0994. The van der Waals surface area contributed by atoms with Crippen LogP contribution in [0.15, 0.2) is 36.4 Å². The van der Waals surface area contributed by atoms with Crippen molar-refractivity contribution in [1.82, 2.24) is 10.6 Å². The van der Waals surface area contributed by atoms with Gasteiger partial charge in [-0.05, 0) is 24.0 Å². The van der Waals surface area contributed by atoms with Crippen LogP contribution in [0.4, 0.5) is 0 Å². The van der Waals surface area contributed by atoms with Crippen LogP contribution in [-0.2, 0) is 9.59 Å². The van der Waals surface area contributed by atoms with Gasteiger partial charge < -0.3 is 15.7 Å². The van der Waals surface area contributed by atoms with Crippen molar-refractivity contribution in [2.45, 2.75) is 12.5 Å². The second kappa shape index (κ2) is 10.9. The number of hydrogen-bond acceptors (Lipinski definition) is 4. The van der Waals surface area contributed by atoms with Crippen LogP contribution in [0.1, 0.15) is 12.0 Å². The molecule has 3 N–H and O–H groups in total. The van der Waals surface area contributed by atoms with Crippen molar-refractivity contribution in [3.05, 3.63) is 42.0 Å². The molecule has 0 radical (unpaired) electrons. The van der Waals surface area contributed by atoms with Crippen LogP contribution in [0.3, 0.4) is 0 Å². The lowest BCUT2D eigenvalue weighted by molar-refractivity contribution is -0.141. The van der Waals surface area contributed by atoms with Crippen LogP contribution in [-0.4, -0.2) is 48.1 Å². The molecule has 6 heteroatoms. The van der Waals surface area contributed by atoms with Gasteiger partial charge in [-0.15, -0.1) is 0 Å². The van der Waals surface area contributed by atoms with Crippen molar-refractivity contribution in [2.75, 3.05) is 25.1 Å². The number of hydrogen-bond donors (Lipinski definition) is 3. The summed E-state index contributed by atoms with van der Waals surface area (Å²) >= 11 is 1.56. The van der Waals surface area contributed by atoms with E-state index in [-0.39, 0.29) is 12.5 Å². The van der Waals surface area contributed by atoms with Crippen molar-refractivity contribution in [1.29, 1.82) is 0 Å². The number of carbonyl (C=O) groups is 2. The summed E-state index contributed by atoms with van der Waals surface area (Å²) in [4.78, 5) is 22.7. The summed E-state index contributed by atoms with van der Waals surface area (Å²) in [5, 5.41) is 14.5. The Bertz CT molecular complexity index is 491. The first-order valence-electron chi connectivity index (χ1n) is 7.07. The molecule has 22 heavy (non-hydrogen) atoms. The predicted octanol–water partition coefficient (Wildman–Crippen LogP) is 1.61. The lowest BCUT2D eigenvalue weighted by atomic mass is 10.2. The van der Waals surface area contributed by atoms with Crippen molar-refractivity contribution in [3.8, 4) is 0 Å². The molecular weight excluding hydrogens is 300 g/mol. The van der Waals surface area contributed by atoms with Gasteiger partial charge >= 0.3 is 5.97 Å². The van der Waals surface area contributed by atoms with E-state index in [1.807, 2.05) is 48.7 Å². The van der Waals surface area contributed by atoms with Crippen molar-refractivity contribution in [2.24, 2.45) is 0 Å². The highest BCUT2D eigenvalue weighted by atomic mass is 32.2. The number of thioether (sulfide) groups is 1. The predicted molar refractivity (Wildman–Crippen MR) is 90.9 cm³/mol. The second-order valence-corrected chi connectivity index (χ2v) is 5.67. The molecule has 0 bridgehead atoms. The average Bonchev–Trinajstić information content (AvgIpc) is 2.51. The Morgan fingerprint density at radius 2 is 2.05 bits per heavy atom. The molecule has 0 spiro atoms. The van der Waals surface area contributed by atoms with Crippen molar-refractivity contribution in [3.63, 3.8) is 0 Å². The third-order valence-electron chi connectivity index (χ3n) is 2.90. The van der Waals surface area contributed by atoms with E-state index in [2.05, 4.69) is 10.6 Å². The summed E-state index contributed by atoms with van der Waals surface area (Å²) in [5.74, 6) is -0.599. The highest BCUT2D eigenvalue weighted by Crippen LogP contribution is 2.01. The Morgan fingerprint density at radius 3 is 2.68 bits per heavy atom. The van der Waals surface area contributed by atoms with Gasteiger partial charge in [-0.3, -0.25) is 4.79 Å². The topological polar surface area (TPSA) is 78.4 Å². The number of carbonyl (C=O) groups excluding carboxylic acids is 1. The molecule has 0 saturated carbocycles. The van der Waals surface area contributed by atoms with E-state index in [1.165, 1.54) is 0 Å². The van der Waals surface area contributed by atoms with Crippen LogP contribution in [0.2, 0.25) is 0 Å². The Kier molecular flexibility index (Phi) is 9.02. The minimum atomic E-state index is -0.994. The Hall–Kier alpha value is -1.79. The van der Waals surface area contributed by atoms with Crippen LogP contribution in [0.5, 0.6) is 0 Å². The summed E-state index contributed by atoms with van der Waals surface area (Å²) in [6, 6.07) is 9.04. The van der Waals surface area contributed by atoms with Gasteiger partial charge in [0.2, 0.25) is 5.91 Å². The molecule has 120 valence electrons. The zero-order chi connectivity index (χ0) is 16.2. The van der Waals surface area contributed by atoms with Crippen LogP contribution >= 0.6 is 11.8 Å². The van der Waals surface area contributed by atoms with Crippen LogP contribution in [0, 0.1) is 0 Å². The van der Waals surface area contributed by atoms with E-state index in [1.54, 1.807) is 11.8 Å². The standard InChI is InChI=1S/C16H22N2O3S/c1-22-11-9-14(16(20)21)18-15(19)12-17-10-5-8-13-6-3-2-4-7-13/h2-8,14,17H,9-12H2,1H3,(H,18,19)(H,20,21). The molecule has 0 aliphatic heterocycles. The largest absolute Gasteiger partial charge is 0.480 e. The third kappa shape index (κ3) is 7.85. The maximum absolute atomic E-state index is 11.7. The second-order valence-electron chi connectivity index (χ2n) is 4.68. The van der Waals surface area contributed by atoms with E-state index in [0.717, 1.165) is 5.56 Å². The van der Waals surface area contributed by atoms with Gasteiger partial charge in [-0.25, -0.2) is 4.79 Å². The average molecular weight is 322 g/mol. The summed E-state index contributed by atoms with van der Waals surface area (Å²) in [6.07, 6.45) is 6.21. The maximum atomic E-state index is 11.7. The van der Waals surface area contributed by atoms with Crippen LogP contribution in [0.25, 0.3) is 6.08 Å². The van der Waals surface area contributed by atoms with Gasteiger partial charge in [0.15, 0.2) is 0 Å². The molecular formula is C16H22N2O3S. The summed E-state index contributed by atoms with van der Waals surface area (Å²) in [5.41, 5.74) is 1.09. The molecule has 0 aromatic heterocycles. The Balaban J connectivity index is 2.24. The molecule has 1 amide bonds. The van der Waals surface area contributed by atoms with Gasteiger partial charge in [-0.1, -0.05) is 42.5 Å². The van der Waals surface area contributed by atoms with E-state index in [9.17, 15) is 9.59 Å². The number of amides is 1. The fraction of sp³-hybridized carbons (Fsp3) is 0.375. The van der Waals surface area contributed by atoms with Gasteiger partial charge in [0, 0.05) is 6.54 Å². The van der Waals surface area contributed by atoms with E-state index >= 15 is 0 Å². The fourth-order valence-corrected chi connectivity index (χ4v) is 2.24. The smallest absolute Gasteiger partial charge is 0.326 e. The third-order valence-corrected chi connectivity index (χ3v) is 3.55. The van der Waals surface area contributed by atoms with Gasteiger partial charge in [0.25, 0.3) is 0 Å². The monoisotopic (exact) mass is 322 g/mol. The molecule has 1 unspecified atom stereocenters. The number of benzene rings is 1. The molecule has 1 aromatic rings. The zero-order valence-electron chi connectivity index (χ0n) is 12.6. The Morgan fingerprint density at radius 1 is 1.32 bits per heavy atom. The number of aliphatic carboxylic acids is 1. The van der Waals surface area contributed by atoms with E-state index < -0.39 is 12.0 Å². The molecule has 0 aliphatic rings.